The Kier molecular flexibility index (Phi) is 4.59. The summed E-state index contributed by atoms with van der Waals surface area (Å²) in [5.74, 6) is -1.01. The Labute approximate surface area is 126 Å². The van der Waals surface area contributed by atoms with Gasteiger partial charge in [0.2, 0.25) is 0 Å². The summed E-state index contributed by atoms with van der Waals surface area (Å²) in [7, 11) is 2.90. The first-order valence-corrected chi connectivity index (χ1v) is 6.55. The minimum absolute atomic E-state index is 0.205. The highest BCUT2D eigenvalue weighted by atomic mass is 35.5. The third-order valence-electron chi connectivity index (χ3n) is 2.87. The number of nitrogens with zero attached hydrogens (tertiary/aromatic N) is 2. The third-order valence-corrected chi connectivity index (χ3v) is 3.31. The number of esters is 1. The van der Waals surface area contributed by atoms with E-state index in [9.17, 15) is 9.59 Å². The number of aryl methyl sites for hydroxylation is 1. The van der Waals surface area contributed by atoms with Crippen LogP contribution in [0.15, 0.2) is 30.3 Å². The van der Waals surface area contributed by atoms with Crippen molar-refractivity contribution in [2.24, 2.45) is 7.05 Å². The summed E-state index contributed by atoms with van der Waals surface area (Å²) in [6.07, 6.45) is 0. The van der Waals surface area contributed by atoms with Crippen LogP contribution in [-0.4, -0.2) is 35.3 Å². The van der Waals surface area contributed by atoms with Gasteiger partial charge in [-0.25, -0.2) is 0 Å². The second kappa shape index (κ2) is 6.41. The van der Waals surface area contributed by atoms with Gasteiger partial charge in [-0.3, -0.25) is 14.3 Å². The summed E-state index contributed by atoms with van der Waals surface area (Å²) in [5.41, 5.74) is 1.46. The zero-order valence-corrected chi connectivity index (χ0v) is 12.3. The number of halogens is 1. The first kappa shape index (κ1) is 15.1. The molecule has 1 N–H and O–H groups in total. The molecule has 0 unspecified atom stereocenters. The molecule has 0 spiro atoms. The van der Waals surface area contributed by atoms with Crippen LogP contribution in [0.25, 0.3) is 11.3 Å². The molecule has 1 aromatic carbocycles. The molecular weight excluding hydrogens is 294 g/mol. The average molecular weight is 308 g/mol. The number of ether oxygens (including phenoxy) is 1. The third kappa shape index (κ3) is 3.22. The molecule has 1 aromatic heterocycles. The number of methoxy groups -OCH3 is 1. The smallest absolute Gasteiger partial charge is 0.325 e. The van der Waals surface area contributed by atoms with E-state index in [2.05, 4.69) is 15.2 Å². The van der Waals surface area contributed by atoms with E-state index in [4.69, 9.17) is 11.6 Å². The minimum atomic E-state index is -0.537. The van der Waals surface area contributed by atoms with Gasteiger partial charge in [0.25, 0.3) is 5.91 Å². The van der Waals surface area contributed by atoms with E-state index in [0.717, 1.165) is 5.56 Å². The number of benzene rings is 1. The number of rotatable bonds is 4. The fourth-order valence-corrected chi connectivity index (χ4v) is 2.03. The summed E-state index contributed by atoms with van der Waals surface area (Å²) >= 11 is 6.13. The van der Waals surface area contributed by atoms with Crippen molar-refractivity contribution in [3.63, 3.8) is 0 Å². The van der Waals surface area contributed by atoms with Crippen LogP contribution < -0.4 is 5.32 Å². The average Bonchev–Trinajstić information content (AvgIpc) is 2.81. The predicted octanol–water partition coefficient (Wildman–Crippen LogP) is 1.64. The number of carbonyl (C=O) groups is 2. The molecule has 0 fully saturated rings. The predicted molar refractivity (Wildman–Crippen MR) is 78.0 cm³/mol. The summed E-state index contributed by atoms with van der Waals surface area (Å²) in [5, 5.41) is 6.92. The van der Waals surface area contributed by atoms with Gasteiger partial charge in [0, 0.05) is 12.6 Å². The summed E-state index contributed by atoms with van der Waals surface area (Å²) in [6.45, 7) is -0.227. The van der Waals surface area contributed by atoms with Gasteiger partial charge in [-0.15, -0.1) is 0 Å². The number of carbonyl (C=O) groups excluding carboxylic acids is 2. The Morgan fingerprint density at radius 1 is 1.33 bits per heavy atom. The number of hydrogen-bond donors (Lipinski definition) is 1. The molecule has 0 aliphatic carbocycles. The lowest BCUT2D eigenvalue weighted by Crippen LogP contribution is -2.30. The van der Waals surface area contributed by atoms with Crippen LogP contribution in [-0.2, 0) is 16.6 Å². The van der Waals surface area contributed by atoms with Crippen LogP contribution >= 0.6 is 11.6 Å². The molecule has 1 amide bonds. The fourth-order valence-electron chi connectivity index (χ4n) is 1.82. The summed E-state index contributed by atoms with van der Waals surface area (Å²) < 4.78 is 5.89. The highest BCUT2D eigenvalue weighted by Gasteiger charge is 2.22. The first-order chi connectivity index (χ1) is 10.0. The van der Waals surface area contributed by atoms with E-state index in [1.807, 2.05) is 30.3 Å². The van der Waals surface area contributed by atoms with E-state index in [1.165, 1.54) is 11.8 Å². The summed E-state index contributed by atoms with van der Waals surface area (Å²) in [6, 6.07) is 9.21. The molecule has 0 saturated carbocycles. The van der Waals surface area contributed by atoms with Crippen LogP contribution in [0.4, 0.5) is 0 Å². The Balaban J connectivity index is 2.34. The van der Waals surface area contributed by atoms with Crippen LogP contribution in [0.1, 0.15) is 10.4 Å². The highest BCUT2D eigenvalue weighted by Crippen LogP contribution is 2.27. The number of nitrogens with one attached hydrogen (secondary N) is 1. The molecule has 0 bridgehead atoms. The van der Waals surface area contributed by atoms with E-state index in [1.54, 1.807) is 7.05 Å². The minimum Gasteiger partial charge on any atom is -0.468 e. The molecule has 110 valence electrons. The van der Waals surface area contributed by atoms with Gasteiger partial charge < -0.3 is 10.1 Å². The van der Waals surface area contributed by atoms with Crippen LogP contribution in [0.5, 0.6) is 0 Å². The molecule has 0 aliphatic rings. The molecule has 0 saturated heterocycles. The molecule has 21 heavy (non-hydrogen) atoms. The van der Waals surface area contributed by atoms with Crippen molar-refractivity contribution < 1.29 is 14.3 Å². The molecular formula is C14H14ClN3O3. The van der Waals surface area contributed by atoms with Crippen molar-refractivity contribution in [2.45, 2.75) is 0 Å². The van der Waals surface area contributed by atoms with Crippen LogP contribution in [0, 0.1) is 0 Å². The highest BCUT2D eigenvalue weighted by molar-refractivity contribution is 6.33. The van der Waals surface area contributed by atoms with Crippen molar-refractivity contribution in [3.05, 3.63) is 41.0 Å². The van der Waals surface area contributed by atoms with Gasteiger partial charge in [-0.1, -0.05) is 41.9 Å². The molecule has 0 radical (unpaired) electrons. The number of aromatic nitrogens is 2. The van der Waals surface area contributed by atoms with E-state index < -0.39 is 11.9 Å². The van der Waals surface area contributed by atoms with Crippen LogP contribution in [0.3, 0.4) is 0 Å². The first-order valence-electron chi connectivity index (χ1n) is 6.17. The molecule has 2 rings (SSSR count). The SMILES string of the molecule is COC(=O)CNC(=O)c1c(-c2ccccc2)nn(C)c1Cl. The van der Waals surface area contributed by atoms with Crippen molar-refractivity contribution in [2.75, 3.05) is 13.7 Å². The lowest BCUT2D eigenvalue weighted by molar-refractivity contribution is -0.139. The molecule has 0 atom stereocenters. The van der Waals surface area contributed by atoms with Gasteiger partial charge in [-0.05, 0) is 0 Å². The van der Waals surface area contributed by atoms with Crippen molar-refractivity contribution >= 4 is 23.5 Å². The fraction of sp³-hybridized carbons (Fsp3) is 0.214. The lowest BCUT2D eigenvalue weighted by atomic mass is 10.1. The standard InChI is InChI=1S/C14H14ClN3O3/c1-18-13(15)11(14(20)16-8-10(19)21-2)12(17-18)9-6-4-3-5-7-9/h3-7H,8H2,1-2H3,(H,16,20). The molecule has 2 aromatic rings. The second-order valence-electron chi connectivity index (χ2n) is 4.26. The Bertz CT molecular complexity index is 668. The molecule has 6 nitrogen and oxygen atoms in total. The zero-order chi connectivity index (χ0) is 15.4. The van der Waals surface area contributed by atoms with Crippen molar-refractivity contribution in [1.29, 1.82) is 0 Å². The Hall–Kier alpha value is -2.34. The molecule has 7 heteroatoms. The quantitative estimate of drug-likeness (QED) is 0.872. The van der Waals surface area contributed by atoms with Crippen LogP contribution in [0.2, 0.25) is 5.15 Å². The maximum Gasteiger partial charge on any atom is 0.325 e. The van der Waals surface area contributed by atoms with Gasteiger partial charge in [0.05, 0.1) is 7.11 Å². The van der Waals surface area contributed by atoms with E-state index >= 15 is 0 Å². The van der Waals surface area contributed by atoms with Gasteiger partial charge >= 0.3 is 5.97 Å². The number of hydrogen-bond acceptors (Lipinski definition) is 4. The van der Waals surface area contributed by atoms with Gasteiger partial charge in [0.1, 0.15) is 23.0 Å². The Morgan fingerprint density at radius 3 is 2.62 bits per heavy atom. The van der Waals surface area contributed by atoms with Crippen molar-refractivity contribution in [3.8, 4) is 11.3 Å². The van der Waals surface area contributed by atoms with Gasteiger partial charge in [0.15, 0.2) is 0 Å². The summed E-state index contributed by atoms with van der Waals surface area (Å²) in [4.78, 5) is 23.3. The topological polar surface area (TPSA) is 73.2 Å². The second-order valence-corrected chi connectivity index (χ2v) is 4.62. The largest absolute Gasteiger partial charge is 0.468 e. The van der Waals surface area contributed by atoms with Gasteiger partial charge in [-0.2, -0.15) is 5.10 Å². The van der Waals surface area contributed by atoms with Crippen molar-refractivity contribution in [1.82, 2.24) is 15.1 Å². The zero-order valence-electron chi connectivity index (χ0n) is 11.6. The Morgan fingerprint density at radius 2 is 2.00 bits per heavy atom. The maximum atomic E-state index is 12.2. The molecule has 1 heterocycles. The maximum absolute atomic E-state index is 12.2. The van der Waals surface area contributed by atoms with E-state index in [-0.39, 0.29) is 17.3 Å². The monoisotopic (exact) mass is 307 g/mol. The normalized spacial score (nSPS) is 10.2. The molecule has 0 aliphatic heterocycles. The lowest BCUT2D eigenvalue weighted by Gasteiger charge is -2.05. The van der Waals surface area contributed by atoms with E-state index in [0.29, 0.717) is 5.69 Å². The number of amides is 1.